The Balaban J connectivity index is 2.13. The summed E-state index contributed by atoms with van der Waals surface area (Å²) < 4.78 is 0.853. The van der Waals surface area contributed by atoms with Crippen LogP contribution >= 0.6 is 15.9 Å². The quantitative estimate of drug-likeness (QED) is 0.903. The molecule has 0 aromatic carbocycles. The Hall–Kier alpha value is -0.680. The summed E-state index contributed by atoms with van der Waals surface area (Å²) in [6.07, 6.45) is 2.43. The van der Waals surface area contributed by atoms with Crippen molar-refractivity contribution in [2.45, 2.75) is 25.7 Å². The van der Waals surface area contributed by atoms with Crippen LogP contribution in [0, 0.1) is 0 Å². The first-order chi connectivity index (χ1) is 7.70. The molecular weight excluding hydrogens is 268 g/mol. The summed E-state index contributed by atoms with van der Waals surface area (Å²) in [5, 5.41) is 8.17. The molecule has 1 saturated heterocycles. The van der Waals surface area contributed by atoms with Gasteiger partial charge in [-0.05, 0) is 47.9 Å². The number of nitrogens with zero attached hydrogens (tertiary/aromatic N) is 3. The van der Waals surface area contributed by atoms with Crippen molar-refractivity contribution in [1.29, 1.82) is 0 Å². The zero-order valence-electron chi connectivity index (χ0n) is 9.49. The Morgan fingerprint density at radius 2 is 2.38 bits per heavy atom. The second-order valence-electron chi connectivity index (χ2n) is 4.23. The molecule has 1 fully saturated rings. The zero-order valence-corrected chi connectivity index (χ0v) is 11.1. The molecule has 1 aromatic heterocycles. The minimum Gasteiger partial charge on any atom is -0.381 e. The fourth-order valence-corrected chi connectivity index (χ4v) is 2.49. The number of rotatable bonds is 2. The molecule has 1 unspecified atom stereocenters. The molecule has 2 rings (SSSR count). The van der Waals surface area contributed by atoms with E-state index in [2.05, 4.69) is 38.0 Å². The van der Waals surface area contributed by atoms with Crippen LogP contribution in [0.4, 0.5) is 5.82 Å². The van der Waals surface area contributed by atoms with Gasteiger partial charge in [0.15, 0.2) is 5.82 Å². The van der Waals surface area contributed by atoms with Crippen molar-refractivity contribution in [3.8, 4) is 0 Å². The number of nitrogens with two attached hydrogens (primary N) is 1. The van der Waals surface area contributed by atoms with E-state index in [0.29, 0.717) is 11.7 Å². The molecule has 0 amide bonds. The Morgan fingerprint density at radius 1 is 1.56 bits per heavy atom. The summed E-state index contributed by atoms with van der Waals surface area (Å²) >= 11 is 3.40. The van der Waals surface area contributed by atoms with Gasteiger partial charge in [-0.25, -0.2) is 0 Å². The summed E-state index contributed by atoms with van der Waals surface area (Å²) in [6.45, 7) is 5.60. The van der Waals surface area contributed by atoms with Crippen LogP contribution in [0.25, 0.3) is 0 Å². The predicted molar refractivity (Wildman–Crippen MR) is 68.2 cm³/mol. The molecule has 1 aromatic rings. The van der Waals surface area contributed by atoms with Crippen molar-refractivity contribution in [1.82, 2.24) is 15.1 Å². The number of piperidine rings is 1. The van der Waals surface area contributed by atoms with Gasteiger partial charge in [0, 0.05) is 12.5 Å². The Morgan fingerprint density at radius 3 is 3.06 bits per heavy atom. The van der Waals surface area contributed by atoms with Gasteiger partial charge in [-0.2, -0.15) is 5.10 Å². The molecule has 0 spiro atoms. The second kappa shape index (κ2) is 5.10. The normalized spacial score (nSPS) is 22.2. The number of likely N-dealkylation sites (tertiary alicyclic amines) is 1. The molecule has 2 N–H and O–H groups in total. The molecule has 0 radical (unpaired) electrons. The molecule has 1 aliphatic rings. The standard InChI is InChI=1S/C11H17BrN4/c1-2-16-5-3-4-8(7-16)10-6-9(12)11(13)15-14-10/h6,8H,2-5,7H2,1H3,(H2,13,15). The number of halogens is 1. The predicted octanol–water partition coefficient (Wildman–Crippen LogP) is 2.02. The highest BCUT2D eigenvalue weighted by atomic mass is 79.9. The number of anilines is 1. The SMILES string of the molecule is CCN1CCCC(c2cc(Br)c(N)nn2)C1. The monoisotopic (exact) mass is 284 g/mol. The molecule has 1 aliphatic heterocycles. The molecule has 88 valence electrons. The van der Waals surface area contributed by atoms with Crippen molar-refractivity contribution in [3.05, 3.63) is 16.2 Å². The van der Waals surface area contributed by atoms with Gasteiger partial charge in [0.1, 0.15) is 0 Å². The molecule has 0 aliphatic carbocycles. The van der Waals surface area contributed by atoms with E-state index in [1.54, 1.807) is 0 Å². The molecule has 4 nitrogen and oxygen atoms in total. The lowest BCUT2D eigenvalue weighted by atomic mass is 9.94. The fraction of sp³-hybridized carbons (Fsp3) is 0.636. The molecule has 5 heteroatoms. The first kappa shape index (κ1) is 11.8. The lowest BCUT2D eigenvalue weighted by Gasteiger charge is -2.31. The summed E-state index contributed by atoms with van der Waals surface area (Å²) in [6, 6.07) is 2.01. The third-order valence-corrected chi connectivity index (χ3v) is 3.80. The van der Waals surface area contributed by atoms with Crippen molar-refractivity contribution in [2.75, 3.05) is 25.4 Å². The van der Waals surface area contributed by atoms with Gasteiger partial charge in [0.2, 0.25) is 0 Å². The van der Waals surface area contributed by atoms with Crippen molar-refractivity contribution in [2.24, 2.45) is 0 Å². The van der Waals surface area contributed by atoms with E-state index in [9.17, 15) is 0 Å². The summed E-state index contributed by atoms with van der Waals surface area (Å²) in [5.74, 6) is 0.963. The average molecular weight is 285 g/mol. The van der Waals surface area contributed by atoms with Gasteiger partial charge in [0.25, 0.3) is 0 Å². The maximum Gasteiger partial charge on any atom is 0.160 e. The minimum absolute atomic E-state index is 0.465. The molecule has 1 atom stereocenters. The largest absolute Gasteiger partial charge is 0.381 e. The summed E-state index contributed by atoms with van der Waals surface area (Å²) in [7, 11) is 0. The average Bonchev–Trinajstić information content (AvgIpc) is 2.33. The molecule has 0 bridgehead atoms. The van der Waals surface area contributed by atoms with E-state index in [4.69, 9.17) is 5.73 Å². The summed E-state index contributed by atoms with van der Waals surface area (Å²) in [4.78, 5) is 2.46. The Kier molecular flexibility index (Phi) is 3.76. The number of aromatic nitrogens is 2. The van der Waals surface area contributed by atoms with Crippen LogP contribution in [0.2, 0.25) is 0 Å². The van der Waals surface area contributed by atoms with Crippen molar-refractivity contribution < 1.29 is 0 Å². The highest BCUT2D eigenvalue weighted by molar-refractivity contribution is 9.10. The molecule has 2 heterocycles. The zero-order chi connectivity index (χ0) is 11.5. The van der Waals surface area contributed by atoms with Crippen LogP contribution in [-0.2, 0) is 0 Å². The van der Waals surface area contributed by atoms with Crippen molar-refractivity contribution in [3.63, 3.8) is 0 Å². The Bertz CT molecular complexity index is 369. The maximum absolute atomic E-state index is 5.64. The second-order valence-corrected chi connectivity index (χ2v) is 5.09. The topological polar surface area (TPSA) is 55.0 Å². The first-order valence-corrected chi connectivity index (χ1v) is 6.51. The number of likely N-dealkylation sites (N-methyl/N-ethyl adjacent to an activating group) is 1. The fourth-order valence-electron chi connectivity index (χ4n) is 2.18. The van der Waals surface area contributed by atoms with Gasteiger partial charge >= 0.3 is 0 Å². The van der Waals surface area contributed by atoms with Crippen LogP contribution < -0.4 is 5.73 Å². The number of hydrogen-bond acceptors (Lipinski definition) is 4. The van der Waals surface area contributed by atoms with Crippen molar-refractivity contribution >= 4 is 21.7 Å². The van der Waals surface area contributed by atoms with Crippen LogP contribution in [0.3, 0.4) is 0 Å². The van der Waals surface area contributed by atoms with E-state index in [1.165, 1.54) is 19.4 Å². The van der Waals surface area contributed by atoms with Crippen LogP contribution in [0.15, 0.2) is 10.5 Å². The van der Waals surface area contributed by atoms with E-state index in [0.717, 1.165) is 23.3 Å². The number of nitrogen functional groups attached to an aromatic ring is 1. The minimum atomic E-state index is 0.465. The van der Waals surface area contributed by atoms with E-state index >= 15 is 0 Å². The molecule has 0 saturated carbocycles. The number of hydrogen-bond donors (Lipinski definition) is 1. The lowest BCUT2D eigenvalue weighted by Crippen LogP contribution is -2.34. The molecule has 16 heavy (non-hydrogen) atoms. The van der Waals surface area contributed by atoms with Gasteiger partial charge in [-0.3, -0.25) is 0 Å². The van der Waals surface area contributed by atoms with E-state index < -0.39 is 0 Å². The smallest absolute Gasteiger partial charge is 0.160 e. The van der Waals surface area contributed by atoms with Gasteiger partial charge < -0.3 is 10.6 Å². The molecular formula is C11H17BrN4. The van der Waals surface area contributed by atoms with Gasteiger partial charge in [-0.1, -0.05) is 6.92 Å². The van der Waals surface area contributed by atoms with Gasteiger partial charge in [-0.15, -0.1) is 5.10 Å². The highest BCUT2D eigenvalue weighted by Crippen LogP contribution is 2.27. The van der Waals surface area contributed by atoms with Crippen LogP contribution in [0.1, 0.15) is 31.4 Å². The highest BCUT2D eigenvalue weighted by Gasteiger charge is 2.22. The van der Waals surface area contributed by atoms with Gasteiger partial charge in [0.05, 0.1) is 10.2 Å². The lowest BCUT2D eigenvalue weighted by molar-refractivity contribution is 0.215. The third-order valence-electron chi connectivity index (χ3n) is 3.16. The summed E-state index contributed by atoms with van der Waals surface area (Å²) in [5.41, 5.74) is 6.70. The Labute approximate surface area is 104 Å². The maximum atomic E-state index is 5.64. The van der Waals surface area contributed by atoms with E-state index in [1.807, 2.05) is 6.07 Å². The van der Waals surface area contributed by atoms with Crippen LogP contribution in [0.5, 0.6) is 0 Å². The first-order valence-electron chi connectivity index (χ1n) is 5.71. The third kappa shape index (κ3) is 2.52. The van der Waals surface area contributed by atoms with E-state index in [-0.39, 0.29) is 0 Å². The van der Waals surface area contributed by atoms with Crippen LogP contribution in [-0.4, -0.2) is 34.7 Å².